The zero-order valence-electron chi connectivity index (χ0n) is 15.6. The van der Waals surface area contributed by atoms with Crippen molar-refractivity contribution in [3.63, 3.8) is 0 Å². The van der Waals surface area contributed by atoms with Gasteiger partial charge in [-0.1, -0.05) is 42.5 Å². The molecule has 0 radical (unpaired) electrons. The molecule has 1 aromatic heterocycles. The first-order valence-electron chi connectivity index (χ1n) is 9.10. The average molecular weight is 391 g/mol. The van der Waals surface area contributed by atoms with Gasteiger partial charge < -0.3 is 14.4 Å². The lowest BCUT2D eigenvalue weighted by molar-refractivity contribution is -0.130. The fourth-order valence-electron chi connectivity index (χ4n) is 3.51. The topological polar surface area (TPSA) is 70.8 Å². The van der Waals surface area contributed by atoms with E-state index >= 15 is 0 Å². The SMILES string of the molecule is Cc1ccc(C(=O)C2=C(O)C(=O)N(Cc3ccccc3)C2c2ccc(F)cc2)o1. The molecule has 0 spiro atoms. The molecule has 2 heterocycles. The van der Waals surface area contributed by atoms with E-state index < -0.39 is 29.3 Å². The Kier molecular flexibility index (Phi) is 4.76. The molecule has 1 unspecified atom stereocenters. The van der Waals surface area contributed by atoms with E-state index in [0.29, 0.717) is 11.3 Å². The van der Waals surface area contributed by atoms with Crippen molar-refractivity contribution in [2.24, 2.45) is 0 Å². The fourth-order valence-corrected chi connectivity index (χ4v) is 3.51. The van der Waals surface area contributed by atoms with E-state index in [1.165, 1.54) is 35.2 Å². The van der Waals surface area contributed by atoms with Crippen LogP contribution in [0.4, 0.5) is 4.39 Å². The van der Waals surface area contributed by atoms with Crippen molar-refractivity contribution in [2.75, 3.05) is 0 Å². The molecule has 3 aromatic rings. The van der Waals surface area contributed by atoms with Crippen LogP contribution in [-0.4, -0.2) is 21.7 Å². The Balaban J connectivity index is 1.79. The van der Waals surface area contributed by atoms with Crippen LogP contribution in [-0.2, 0) is 11.3 Å². The number of aryl methyl sites for hydroxylation is 1. The number of aliphatic hydroxyl groups is 1. The van der Waals surface area contributed by atoms with Crippen molar-refractivity contribution < 1.29 is 23.5 Å². The average Bonchev–Trinajstić information content (AvgIpc) is 3.26. The Morgan fingerprint density at radius 1 is 1.07 bits per heavy atom. The van der Waals surface area contributed by atoms with Crippen LogP contribution in [0.25, 0.3) is 0 Å². The standard InChI is InChI=1S/C23H18FNO4/c1-14-7-12-18(29-14)21(26)19-20(16-8-10-17(24)11-9-16)25(23(28)22(19)27)13-15-5-3-2-4-6-15/h2-12,20,27H,13H2,1H3. The molecule has 6 heteroatoms. The van der Waals surface area contributed by atoms with Gasteiger partial charge in [0.05, 0.1) is 11.6 Å². The highest BCUT2D eigenvalue weighted by molar-refractivity contribution is 6.15. The van der Waals surface area contributed by atoms with Crippen LogP contribution >= 0.6 is 0 Å². The Labute approximate surface area is 166 Å². The van der Waals surface area contributed by atoms with Gasteiger partial charge in [-0.2, -0.15) is 0 Å². The number of amides is 1. The number of ketones is 1. The third kappa shape index (κ3) is 3.45. The third-order valence-electron chi connectivity index (χ3n) is 4.89. The predicted octanol–water partition coefficient (Wildman–Crippen LogP) is 4.51. The van der Waals surface area contributed by atoms with E-state index in [-0.39, 0.29) is 17.9 Å². The van der Waals surface area contributed by atoms with Gasteiger partial charge in [0.2, 0.25) is 5.78 Å². The number of rotatable bonds is 5. The highest BCUT2D eigenvalue weighted by Gasteiger charge is 2.44. The molecule has 0 bridgehead atoms. The second kappa shape index (κ2) is 7.39. The van der Waals surface area contributed by atoms with E-state index in [1.54, 1.807) is 13.0 Å². The molecule has 29 heavy (non-hydrogen) atoms. The molecule has 146 valence electrons. The molecule has 5 nitrogen and oxygen atoms in total. The second-order valence-corrected chi connectivity index (χ2v) is 6.87. The number of carbonyl (C=O) groups is 2. The largest absolute Gasteiger partial charge is 0.503 e. The van der Waals surface area contributed by atoms with Gasteiger partial charge in [0.15, 0.2) is 11.5 Å². The molecule has 4 rings (SSSR count). The Hall–Kier alpha value is -3.67. The number of benzene rings is 2. The summed E-state index contributed by atoms with van der Waals surface area (Å²) in [5, 5.41) is 10.6. The molecular weight excluding hydrogens is 373 g/mol. The molecule has 1 aliphatic heterocycles. The zero-order chi connectivity index (χ0) is 20.5. The zero-order valence-corrected chi connectivity index (χ0v) is 15.6. The third-order valence-corrected chi connectivity index (χ3v) is 4.89. The summed E-state index contributed by atoms with van der Waals surface area (Å²) in [5.74, 6) is -1.71. The van der Waals surface area contributed by atoms with Gasteiger partial charge in [-0.3, -0.25) is 9.59 Å². The molecule has 1 atom stereocenters. The summed E-state index contributed by atoms with van der Waals surface area (Å²) in [4.78, 5) is 27.4. The summed E-state index contributed by atoms with van der Waals surface area (Å²) in [7, 11) is 0. The highest BCUT2D eigenvalue weighted by atomic mass is 19.1. The first-order valence-corrected chi connectivity index (χ1v) is 9.10. The van der Waals surface area contributed by atoms with Gasteiger partial charge >= 0.3 is 0 Å². The van der Waals surface area contributed by atoms with Crippen LogP contribution in [0, 0.1) is 12.7 Å². The van der Waals surface area contributed by atoms with Crippen molar-refractivity contribution in [3.8, 4) is 0 Å². The Bertz CT molecular complexity index is 1100. The maximum absolute atomic E-state index is 13.5. The number of hydrogen-bond donors (Lipinski definition) is 1. The number of Topliss-reactive ketones (excluding diaryl/α,β-unsaturated/α-hetero) is 1. The molecule has 1 N–H and O–H groups in total. The number of hydrogen-bond acceptors (Lipinski definition) is 4. The predicted molar refractivity (Wildman–Crippen MR) is 104 cm³/mol. The lowest BCUT2D eigenvalue weighted by atomic mass is 9.95. The highest BCUT2D eigenvalue weighted by Crippen LogP contribution is 2.40. The quantitative estimate of drug-likeness (QED) is 0.650. The molecular formula is C23H18FNO4. The lowest BCUT2D eigenvalue weighted by Gasteiger charge is -2.26. The maximum Gasteiger partial charge on any atom is 0.290 e. The molecule has 0 saturated carbocycles. The van der Waals surface area contributed by atoms with Crippen molar-refractivity contribution >= 4 is 11.7 Å². The molecule has 0 aliphatic carbocycles. The molecule has 1 aliphatic rings. The minimum Gasteiger partial charge on any atom is -0.503 e. The van der Waals surface area contributed by atoms with Crippen LogP contribution < -0.4 is 0 Å². The summed E-state index contributed by atoms with van der Waals surface area (Å²) in [6.07, 6.45) is 0. The Morgan fingerprint density at radius 3 is 2.38 bits per heavy atom. The van der Waals surface area contributed by atoms with Gasteiger partial charge in [0, 0.05) is 6.54 Å². The van der Waals surface area contributed by atoms with Gasteiger partial charge in [0.1, 0.15) is 11.6 Å². The second-order valence-electron chi connectivity index (χ2n) is 6.87. The number of aliphatic hydroxyl groups excluding tert-OH is 1. The van der Waals surface area contributed by atoms with Crippen LogP contribution in [0.15, 0.2) is 82.5 Å². The summed E-state index contributed by atoms with van der Waals surface area (Å²) >= 11 is 0. The molecule has 0 saturated heterocycles. The normalized spacial score (nSPS) is 16.6. The fraction of sp³-hybridized carbons (Fsp3) is 0.130. The van der Waals surface area contributed by atoms with E-state index in [4.69, 9.17) is 4.42 Å². The smallest absolute Gasteiger partial charge is 0.290 e. The number of furan rings is 1. The van der Waals surface area contributed by atoms with Crippen molar-refractivity contribution in [3.05, 3.63) is 107 Å². The molecule has 0 fully saturated rings. The van der Waals surface area contributed by atoms with Gasteiger partial charge in [0.25, 0.3) is 5.91 Å². The van der Waals surface area contributed by atoms with Gasteiger partial charge in [-0.05, 0) is 42.3 Å². The minimum absolute atomic E-state index is 0.0329. The number of halogens is 1. The number of carbonyl (C=O) groups excluding carboxylic acids is 2. The number of nitrogens with zero attached hydrogens (tertiary/aromatic N) is 1. The van der Waals surface area contributed by atoms with E-state index in [0.717, 1.165) is 5.56 Å². The van der Waals surface area contributed by atoms with E-state index in [1.807, 2.05) is 30.3 Å². The van der Waals surface area contributed by atoms with Crippen molar-refractivity contribution in [1.82, 2.24) is 4.90 Å². The lowest BCUT2D eigenvalue weighted by Crippen LogP contribution is -2.30. The first kappa shape index (κ1) is 18.7. The Morgan fingerprint density at radius 2 is 1.76 bits per heavy atom. The summed E-state index contributed by atoms with van der Waals surface area (Å²) in [6.45, 7) is 1.88. The maximum atomic E-state index is 13.5. The monoisotopic (exact) mass is 391 g/mol. The van der Waals surface area contributed by atoms with E-state index in [9.17, 15) is 19.1 Å². The molecule has 2 aromatic carbocycles. The van der Waals surface area contributed by atoms with Gasteiger partial charge in [-0.15, -0.1) is 0 Å². The summed E-state index contributed by atoms with van der Waals surface area (Å²) in [5.41, 5.74) is 1.28. The van der Waals surface area contributed by atoms with Crippen LogP contribution in [0.2, 0.25) is 0 Å². The summed E-state index contributed by atoms with van der Waals surface area (Å²) < 4.78 is 18.9. The van der Waals surface area contributed by atoms with Crippen molar-refractivity contribution in [2.45, 2.75) is 19.5 Å². The first-order chi connectivity index (χ1) is 14.0. The van der Waals surface area contributed by atoms with E-state index in [2.05, 4.69) is 0 Å². The van der Waals surface area contributed by atoms with Crippen LogP contribution in [0.3, 0.4) is 0 Å². The van der Waals surface area contributed by atoms with Crippen LogP contribution in [0.1, 0.15) is 33.5 Å². The van der Waals surface area contributed by atoms with Gasteiger partial charge in [-0.25, -0.2) is 4.39 Å². The van der Waals surface area contributed by atoms with Crippen molar-refractivity contribution in [1.29, 1.82) is 0 Å². The minimum atomic E-state index is -0.860. The van der Waals surface area contributed by atoms with Crippen LogP contribution in [0.5, 0.6) is 0 Å². The molecule has 1 amide bonds. The summed E-state index contributed by atoms with van der Waals surface area (Å²) in [6, 6.07) is 17.0.